The maximum atomic E-state index is 11.0. The van der Waals surface area contributed by atoms with Gasteiger partial charge >= 0.3 is 5.97 Å². The normalized spacial score (nSPS) is 10.3. The number of benzene rings is 2. The van der Waals surface area contributed by atoms with E-state index in [4.69, 9.17) is 16.7 Å². The highest BCUT2D eigenvalue weighted by atomic mass is 79.9. The third kappa shape index (κ3) is 3.51. The van der Waals surface area contributed by atoms with Gasteiger partial charge in [-0.2, -0.15) is 0 Å². The summed E-state index contributed by atoms with van der Waals surface area (Å²) in [5.74, 6) is -0.936. The van der Waals surface area contributed by atoms with Crippen molar-refractivity contribution in [3.63, 3.8) is 0 Å². The van der Waals surface area contributed by atoms with Crippen molar-refractivity contribution in [1.82, 2.24) is 0 Å². The maximum Gasteiger partial charge on any atom is 0.335 e. The molecule has 2 rings (SSSR count). The van der Waals surface area contributed by atoms with Crippen LogP contribution in [0.5, 0.6) is 0 Å². The van der Waals surface area contributed by atoms with Gasteiger partial charge in [-0.1, -0.05) is 39.3 Å². The Kier molecular flexibility index (Phi) is 4.32. The molecule has 2 aromatic rings. The van der Waals surface area contributed by atoms with Crippen molar-refractivity contribution in [2.75, 3.05) is 0 Å². The molecule has 0 aliphatic carbocycles. The summed E-state index contributed by atoms with van der Waals surface area (Å²) in [7, 11) is 0. The monoisotopic (exact) mass is 342 g/mol. The van der Waals surface area contributed by atoms with Crippen LogP contribution in [0.1, 0.15) is 10.4 Å². The Morgan fingerprint density at radius 1 is 1.11 bits per heavy atom. The number of aromatic carboxylic acids is 1. The summed E-state index contributed by atoms with van der Waals surface area (Å²) in [4.78, 5) is 12.8. The summed E-state index contributed by atoms with van der Waals surface area (Å²) in [5.41, 5.74) is 0.265. The lowest BCUT2D eigenvalue weighted by Gasteiger charge is -2.04. The molecule has 0 spiro atoms. The summed E-state index contributed by atoms with van der Waals surface area (Å²) >= 11 is 10.6. The molecule has 0 saturated heterocycles. The van der Waals surface area contributed by atoms with Crippen molar-refractivity contribution < 1.29 is 9.90 Å². The van der Waals surface area contributed by atoms with Gasteiger partial charge in [0.1, 0.15) is 0 Å². The van der Waals surface area contributed by atoms with E-state index in [0.717, 1.165) is 14.3 Å². The smallest absolute Gasteiger partial charge is 0.335 e. The molecule has 0 aromatic heterocycles. The van der Waals surface area contributed by atoms with Crippen LogP contribution in [0.2, 0.25) is 5.02 Å². The summed E-state index contributed by atoms with van der Waals surface area (Å²) in [6.45, 7) is 0. The molecule has 0 unspecified atom stereocenters. The minimum atomic E-state index is -0.936. The quantitative estimate of drug-likeness (QED) is 0.856. The van der Waals surface area contributed by atoms with Gasteiger partial charge in [0.2, 0.25) is 0 Å². The molecule has 92 valence electrons. The van der Waals surface area contributed by atoms with Gasteiger partial charge in [-0.3, -0.25) is 0 Å². The van der Waals surface area contributed by atoms with Crippen molar-refractivity contribution in [2.24, 2.45) is 0 Å². The predicted octanol–water partition coefficient (Wildman–Crippen LogP) is 4.95. The lowest BCUT2D eigenvalue weighted by atomic mass is 10.2. The summed E-state index contributed by atoms with van der Waals surface area (Å²) in [6.07, 6.45) is 0. The number of carboxylic acid groups (broad SMARTS) is 1. The minimum Gasteiger partial charge on any atom is -0.478 e. The van der Waals surface area contributed by atoms with E-state index >= 15 is 0 Å². The second-order valence-corrected chi connectivity index (χ2v) is 6.04. The van der Waals surface area contributed by atoms with Gasteiger partial charge in [0.15, 0.2) is 0 Å². The van der Waals surface area contributed by atoms with Gasteiger partial charge in [0.05, 0.1) is 5.56 Å². The van der Waals surface area contributed by atoms with E-state index in [1.807, 2.05) is 18.2 Å². The first-order valence-electron chi connectivity index (χ1n) is 5.02. The Bertz CT molecular complexity index is 584. The maximum absolute atomic E-state index is 11.0. The molecule has 2 aromatic carbocycles. The average Bonchev–Trinajstić information content (AvgIpc) is 2.31. The van der Waals surface area contributed by atoms with E-state index in [9.17, 15) is 4.79 Å². The Labute approximate surface area is 122 Å². The van der Waals surface area contributed by atoms with Crippen molar-refractivity contribution in [3.8, 4) is 0 Å². The van der Waals surface area contributed by atoms with Crippen molar-refractivity contribution >= 4 is 45.3 Å². The molecule has 0 bridgehead atoms. The fourth-order valence-corrected chi connectivity index (χ4v) is 3.07. The van der Waals surface area contributed by atoms with Crippen LogP contribution < -0.4 is 0 Å². The lowest BCUT2D eigenvalue weighted by molar-refractivity contribution is 0.0696. The summed E-state index contributed by atoms with van der Waals surface area (Å²) < 4.78 is 0.749. The van der Waals surface area contributed by atoms with Gasteiger partial charge in [-0.25, -0.2) is 4.79 Å². The molecule has 0 aliphatic rings. The molecule has 5 heteroatoms. The second kappa shape index (κ2) is 5.78. The molecule has 0 radical (unpaired) electrons. The number of rotatable bonds is 3. The number of hydrogen-bond acceptors (Lipinski definition) is 2. The van der Waals surface area contributed by atoms with Crippen LogP contribution in [0.15, 0.2) is 56.7 Å². The van der Waals surface area contributed by atoms with Crippen molar-refractivity contribution in [3.05, 3.63) is 57.5 Å². The molecule has 0 atom stereocenters. The van der Waals surface area contributed by atoms with Crippen molar-refractivity contribution in [2.45, 2.75) is 9.79 Å². The van der Waals surface area contributed by atoms with Crippen LogP contribution in [-0.4, -0.2) is 11.1 Å². The van der Waals surface area contributed by atoms with E-state index in [2.05, 4.69) is 15.9 Å². The number of hydrogen-bond donors (Lipinski definition) is 1. The summed E-state index contributed by atoms with van der Waals surface area (Å²) in [6, 6.07) is 12.5. The van der Waals surface area contributed by atoms with Crippen LogP contribution in [0.3, 0.4) is 0 Å². The van der Waals surface area contributed by atoms with Gasteiger partial charge in [0, 0.05) is 19.3 Å². The molecular weight excluding hydrogens is 336 g/mol. The van der Waals surface area contributed by atoms with Crippen LogP contribution in [0, 0.1) is 0 Å². The topological polar surface area (TPSA) is 37.3 Å². The van der Waals surface area contributed by atoms with E-state index in [1.54, 1.807) is 24.3 Å². The summed E-state index contributed by atoms with van der Waals surface area (Å²) in [5, 5.41) is 9.67. The second-order valence-electron chi connectivity index (χ2n) is 3.54. The van der Waals surface area contributed by atoms with Crippen molar-refractivity contribution in [1.29, 1.82) is 0 Å². The molecular formula is C13H8BrClO2S. The molecule has 2 nitrogen and oxygen atoms in total. The molecule has 18 heavy (non-hydrogen) atoms. The molecule has 0 saturated carbocycles. The van der Waals surface area contributed by atoms with E-state index < -0.39 is 5.97 Å². The Balaban J connectivity index is 2.28. The highest BCUT2D eigenvalue weighted by molar-refractivity contribution is 9.10. The molecule has 0 amide bonds. The van der Waals surface area contributed by atoms with Crippen LogP contribution >= 0.6 is 39.3 Å². The number of carboxylic acids is 1. The van der Waals surface area contributed by atoms with Crippen LogP contribution in [0.4, 0.5) is 0 Å². The molecule has 0 aliphatic heterocycles. The number of carbonyl (C=O) groups is 1. The average molecular weight is 344 g/mol. The largest absolute Gasteiger partial charge is 0.478 e. The van der Waals surface area contributed by atoms with E-state index in [-0.39, 0.29) is 5.56 Å². The fraction of sp³-hybridized carbons (Fsp3) is 0. The molecule has 0 fully saturated rings. The number of halogens is 2. The Hall–Kier alpha value is -0.970. The Morgan fingerprint density at radius 2 is 1.78 bits per heavy atom. The fourth-order valence-electron chi connectivity index (χ4n) is 1.38. The SMILES string of the molecule is O=C(O)c1cc(Br)cc(Sc2ccc(Cl)cc2)c1. The lowest BCUT2D eigenvalue weighted by Crippen LogP contribution is -1.95. The zero-order valence-electron chi connectivity index (χ0n) is 9.06. The third-order valence-corrected chi connectivity index (χ3v) is 3.86. The van der Waals surface area contributed by atoms with E-state index in [1.165, 1.54) is 11.8 Å². The van der Waals surface area contributed by atoms with Gasteiger partial charge in [0.25, 0.3) is 0 Å². The molecule has 1 N–H and O–H groups in total. The van der Waals surface area contributed by atoms with Gasteiger partial charge in [-0.15, -0.1) is 0 Å². The first-order valence-corrected chi connectivity index (χ1v) is 7.00. The first kappa shape index (κ1) is 13.5. The zero-order valence-corrected chi connectivity index (χ0v) is 12.2. The minimum absolute atomic E-state index is 0.265. The Morgan fingerprint density at radius 3 is 2.39 bits per heavy atom. The molecule has 0 heterocycles. The standard InChI is InChI=1S/C13H8BrClO2S/c14-9-5-8(13(16)17)6-12(7-9)18-11-3-1-10(15)2-4-11/h1-7H,(H,16,17). The first-order chi connectivity index (χ1) is 8.54. The van der Waals surface area contributed by atoms with Crippen LogP contribution in [-0.2, 0) is 0 Å². The van der Waals surface area contributed by atoms with Gasteiger partial charge in [-0.05, 0) is 42.5 Å². The van der Waals surface area contributed by atoms with Crippen LogP contribution in [0.25, 0.3) is 0 Å². The predicted molar refractivity (Wildman–Crippen MR) is 76.7 cm³/mol. The van der Waals surface area contributed by atoms with Gasteiger partial charge < -0.3 is 5.11 Å². The third-order valence-electron chi connectivity index (χ3n) is 2.17. The highest BCUT2D eigenvalue weighted by Gasteiger charge is 2.07. The van der Waals surface area contributed by atoms with E-state index in [0.29, 0.717) is 5.02 Å². The highest BCUT2D eigenvalue weighted by Crippen LogP contribution is 2.31. The zero-order chi connectivity index (χ0) is 13.1.